The maximum absolute atomic E-state index is 15.2. The summed E-state index contributed by atoms with van der Waals surface area (Å²) in [7, 11) is 0. The molecule has 6 heteroatoms. The van der Waals surface area contributed by atoms with Crippen molar-refractivity contribution in [2.75, 3.05) is 0 Å². The van der Waals surface area contributed by atoms with Crippen molar-refractivity contribution < 1.29 is 13.5 Å². The molecule has 0 aromatic heterocycles. The van der Waals surface area contributed by atoms with Crippen LogP contribution in [0.5, 0.6) is 11.5 Å². The zero-order chi connectivity index (χ0) is 21.1. The van der Waals surface area contributed by atoms with Crippen molar-refractivity contribution >= 4 is 11.8 Å². The summed E-state index contributed by atoms with van der Waals surface area (Å²) >= 11 is 0.964. The molecule has 0 heterocycles. The van der Waals surface area contributed by atoms with Crippen LogP contribution in [0.15, 0.2) is 52.3 Å². The summed E-state index contributed by atoms with van der Waals surface area (Å²) < 4.78 is 36.1. The first-order valence-electron chi connectivity index (χ1n) is 8.71. The highest BCUT2D eigenvalue weighted by Gasteiger charge is 2.28. The van der Waals surface area contributed by atoms with E-state index in [0.717, 1.165) is 28.5 Å². The quantitative estimate of drug-likeness (QED) is 0.491. The highest BCUT2D eigenvalue weighted by molar-refractivity contribution is 7.99. The maximum atomic E-state index is 15.2. The molecule has 3 aromatic carbocycles. The van der Waals surface area contributed by atoms with E-state index in [0.29, 0.717) is 10.6 Å². The first kappa shape index (κ1) is 20.4. The fraction of sp³-hybridized carbons (Fsp3) is 0.130. The second-order valence-electron chi connectivity index (χ2n) is 6.50. The van der Waals surface area contributed by atoms with E-state index in [2.05, 4.69) is 0 Å². The molecule has 3 nitrogen and oxygen atoms in total. The number of ether oxygens (including phenoxy) is 1. The second-order valence-corrected chi connectivity index (χ2v) is 7.55. The lowest BCUT2D eigenvalue weighted by molar-refractivity contribution is 0.416. The molecule has 0 aliphatic carbocycles. The lowest BCUT2D eigenvalue weighted by Gasteiger charge is -2.17. The molecule has 3 rings (SSSR count). The molecule has 0 saturated heterocycles. The van der Waals surface area contributed by atoms with Crippen LogP contribution < -0.4 is 4.74 Å². The zero-order valence-electron chi connectivity index (χ0n) is 16.0. The van der Waals surface area contributed by atoms with Gasteiger partial charge in [0, 0.05) is 4.90 Å². The Kier molecular flexibility index (Phi) is 5.87. The predicted molar refractivity (Wildman–Crippen MR) is 107 cm³/mol. The van der Waals surface area contributed by atoms with Gasteiger partial charge in [0.25, 0.3) is 0 Å². The standard InChI is InChI=1S/C23H16F2N2OS/c1-13-8-9-19(15(3)10-13)29-23-21(25)17(12-27)16(11-26)20(24)22(23)28-18-7-5-4-6-14(18)2/h4-10H,1-3H3. The van der Waals surface area contributed by atoms with Crippen LogP contribution in [0.3, 0.4) is 0 Å². The average molecular weight is 406 g/mol. The molecule has 0 aliphatic rings. The normalized spacial score (nSPS) is 10.3. The highest BCUT2D eigenvalue weighted by Crippen LogP contribution is 2.44. The smallest absolute Gasteiger partial charge is 0.186 e. The van der Waals surface area contributed by atoms with Crippen LogP contribution in [0, 0.1) is 55.1 Å². The van der Waals surface area contributed by atoms with Gasteiger partial charge in [-0.05, 0) is 44.0 Å². The molecular weight excluding hydrogens is 390 g/mol. The van der Waals surface area contributed by atoms with Crippen LogP contribution in [0.25, 0.3) is 0 Å². The fourth-order valence-electron chi connectivity index (χ4n) is 2.84. The third-order valence-corrected chi connectivity index (χ3v) is 5.61. The number of benzene rings is 3. The van der Waals surface area contributed by atoms with Gasteiger partial charge in [-0.25, -0.2) is 8.78 Å². The van der Waals surface area contributed by atoms with Crippen molar-refractivity contribution in [3.63, 3.8) is 0 Å². The maximum Gasteiger partial charge on any atom is 0.186 e. The number of aryl methyl sites for hydroxylation is 3. The molecule has 29 heavy (non-hydrogen) atoms. The summed E-state index contributed by atoms with van der Waals surface area (Å²) in [5.41, 5.74) is 1.33. The molecule has 0 unspecified atom stereocenters. The number of nitriles is 2. The lowest BCUT2D eigenvalue weighted by Crippen LogP contribution is -2.03. The minimum absolute atomic E-state index is 0.173. The number of hydrogen-bond acceptors (Lipinski definition) is 4. The SMILES string of the molecule is Cc1ccc(Sc2c(F)c(C#N)c(C#N)c(F)c2Oc2ccccc2C)c(C)c1. The Balaban J connectivity index is 2.24. The Hall–Kier alpha value is -3.35. The molecule has 0 bridgehead atoms. The first-order valence-corrected chi connectivity index (χ1v) is 9.52. The Labute approximate surface area is 172 Å². The number of nitrogens with zero attached hydrogens (tertiary/aromatic N) is 2. The van der Waals surface area contributed by atoms with Crippen LogP contribution in [0.2, 0.25) is 0 Å². The molecule has 0 fully saturated rings. The molecular formula is C23H16F2N2OS. The zero-order valence-corrected chi connectivity index (χ0v) is 16.8. The summed E-state index contributed by atoms with van der Waals surface area (Å²) in [5, 5.41) is 18.6. The summed E-state index contributed by atoms with van der Waals surface area (Å²) in [5.74, 6) is -2.10. The van der Waals surface area contributed by atoms with Gasteiger partial charge in [-0.2, -0.15) is 10.5 Å². The number of para-hydroxylation sites is 1. The van der Waals surface area contributed by atoms with Gasteiger partial charge in [0.2, 0.25) is 0 Å². The topological polar surface area (TPSA) is 56.8 Å². The van der Waals surface area contributed by atoms with Crippen LogP contribution in [-0.2, 0) is 0 Å². The van der Waals surface area contributed by atoms with Crippen molar-refractivity contribution in [1.29, 1.82) is 10.5 Å². The average Bonchev–Trinajstić information content (AvgIpc) is 2.69. The number of hydrogen-bond donors (Lipinski definition) is 0. The van der Waals surface area contributed by atoms with Crippen molar-refractivity contribution in [2.45, 2.75) is 30.6 Å². The monoisotopic (exact) mass is 406 g/mol. The Morgan fingerprint density at radius 1 is 0.862 bits per heavy atom. The third-order valence-electron chi connectivity index (χ3n) is 4.37. The molecule has 0 amide bonds. The van der Waals surface area contributed by atoms with E-state index in [1.54, 1.807) is 49.4 Å². The molecule has 0 saturated carbocycles. The Morgan fingerprint density at radius 3 is 2.14 bits per heavy atom. The summed E-state index contributed by atoms with van der Waals surface area (Å²) in [4.78, 5) is 0.519. The number of rotatable bonds is 4. The van der Waals surface area contributed by atoms with Crippen molar-refractivity contribution in [3.05, 3.63) is 81.9 Å². The van der Waals surface area contributed by atoms with Gasteiger partial charge in [-0.15, -0.1) is 0 Å². The molecule has 3 aromatic rings. The van der Waals surface area contributed by atoms with Gasteiger partial charge in [0.15, 0.2) is 17.4 Å². The van der Waals surface area contributed by atoms with Crippen LogP contribution >= 0.6 is 11.8 Å². The van der Waals surface area contributed by atoms with Gasteiger partial charge in [-0.1, -0.05) is 47.7 Å². The molecule has 0 aliphatic heterocycles. The Morgan fingerprint density at radius 2 is 1.52 bits per heavy atom. The summed E-state index contributed by atoms with van der Waals surface area (Å²) in [6.07, 6.45) is 0. The van der Waals surface area contributed by atoms with Crippen molar-refractivity contribution in [2.24, 2.45) is 0 Å². The van der Waals surface area contributed by atoms with Gasteiger partial charge in [0.05, 0.1) is 4.90 Å². The van der Waals surface area contributed by atoms with Crippen LogP contribution in [0.4, 0.5) is 8.78 Å². The molecule has 0 radical (unpaired) electrons. The first-order chi connectivity index (χ1) is 13.9. The van der Waals surface area contributed by atoms with E-state index in [9.17, 15) is 10.5 Å². The van der Waals surface area contributed by atoms with E-state index in [1.807, 2.05) is 26.0 Å². The van der Waals surface area contributed by atoms with Crippen LogP contribution in [0.1, 0.15) is 27.8 Å². The highest BCUT2D eigenvalue weighted by atomic mass is 32.2. The fourth-order valence-corrected chi connectivity index (χ4v) is 3.83. The van der Waals surface area contributed by atoms with E-state index in [-0.39, 0.29) is 4.90 Å². The van der Waals surface area contributed by atoms with E-state index in [4.69, 9.17) is 4.74 Å². The molecule has 144 valence electrons. The minimum Gasteiger partial charge on any atom is -0.453 e. The number of halogens is 2. The second kappa shape index (κ2) is 8.34. The van der Waals surface area contributed by atoms with Crippen LogP contribution in [-0.4, -0.2) is 0 Å². The van der Waals surface area contributed by atoms with Crippen molar-refractivity contribution in [3.8, 4) is 23.6 Å². The molecule has 0 N–H and O–H groups in total. The minimum atomic E-state index is -1.05. The molecule has 0 spiro atoms. The van der Waals surface area contributed by atoms with Gasteiger partial charge >= 0.3 is 0 Å². The van der Waals surface area contributed by atoms with Crippen molar-refractivity contribution in [1.82, 2.24) is 0 Å². The van der Waals surface area contributed by atoms with Gasteiger partial charge < -0.3 is 4.74 Å². The van der Waals surface area contributed by atoms with E-state index >= 15 is 8.78 Å². The third kappa shape index (κ3) is 3.94. The van der Waals surface area contributed by atoms with E-state index in [1.165, 1.54) is 0 Å². The Bertz CT molecular complexity index is 1190. The summed E-state index contributed by atoms with van der Waals surface area (Å²) in [6.45, 7) is 5.57. The summed E-state index contributed by atoms with van der Waals surface area (Å²) in [6, 6.07) is 15.7. The van der Waals surface area contributed by atoms with E-state index < -0.39 is 28.5 Å². The molecule has 0 atom stereocenters. The lowest BCUT2D eigenvalue weighted by atomic mass is 10.1. The largest absolute Gasteiger partial charge is 0.453 e. The predicted octanol–water partition coefficient (Wildman–Crippen LogP) is 6.58. The van der Waals surface area contributed by atoms with Gasteiger partial charge in [-0.3, -0.25) is 0 Å². The van der Waals surface area contributed by atoms with Gasteiger partial charge in [0.1, 0.15) is 29.0 Å².